The Balaban J connectivity index is 2.39. The number of hydrogen-bond acceptors (Lipinski definition) is 4. The summed E-state index contributed by atoms with van der Waals surface area (Å²) in [5, 5.41) is 5.54. The first kappa shape index (κ1) is 20.5. The molecule has 1 aliphatic heterocycles. The first-order valence-electron chi connectivity index (χ1n) is 7.96. The van der Waals surface area contributed by atoms with E-state index in [-0.39, 0.29) is 5.92 Å². The summed E-state index contributed by atoms with van der Waals surface area (Å²) in [5.74, 6) is 0.288. The summed E-state index contributed by atoms with van der Waals surface area (Å²) in [6, 6.07) is 5.54. The number of nitrogens with zero attached hydrogens (tertiary/aromatic N) is 2. The molecular weight excluding hydrogens is 397 g/mol. The normalized spacial score (nSPS) is 19.6. The van der Waals surface area contributed by atoms with Crippen LogP contribution in [0.5, 0.6) is 0 Å². The zero-order valence-electron chi connectivity index (χ0n) is 14.7. The largest absolute Gasteiger partial charge is 0.419 e. The minimum Gasteiger partial charge on any atom is -0.419 e. The number of benzene rings is 1. The van der Waals surface area contributed by atoms with Gasteiger partial charge in [0.05, 0.1) is 6.54 Å². The van der Waals surface area contributed by atoms with E-state index in [1.165, 1.54) is 0 Å². The maximum atomic E-state index is 6.16. The Morgan fingerprint density at radius 3 is 2.48 bits per heavy atom. The van der Waals surface area contributed by atoms with Crippen LogP contribution in [0.1, 0.15) is 20.8 Å². The summed E-state index contributed by atoms with van der Waals surface area (Å²) < 4.78 is 6.19. The smallest absolute Gasteiger partial charge is 0.260 e. The van der Waals surface area contributed by atoms with E-state index in [0.29, 0.717) is 26.4 Å². The number of ether oxygens (including phenoxy) is 1. The molecule has 1 unspecified atom stereocenters. The number of thioether (sulfide) groups is 1. The molecule has 0 radical (unpaired) electrons. The summed E-state index contributed by atoms with van der Waals surface area (Å²) >= 11 is 19.1. The Hall–Kier alpha value is -0.790. The molecule has 0 saturated carbocycles. The molecule has 1 aliphatic rings. The lowest BCUT2D eigenvalue weighted by molar-refractivity contribution is -0.803. The minimum absolute atomic E-state index is 0.288. The van der Waals surface area contributed by atoms with Crippen LogP contribution in [-0.4, -0.2) is 36.3 Å². The molecular formula is C17H22Cl2N3OS2+. The predicted molar refractivity (Wildman–Crippen MR) is 111 cm³/mol. The van der Waals surface area contributed by atoms with E-state index in [2.05, 4.69) is 31.1 Å². The van der Waals surface area contributed by atoms with Gasteiger partial charge >= 0.3 is 0 Å². The fourth-order valence-corrected chi connectivity index (χ4v) is 4.51. The van der Waals surface area contributed by atoms with E-state index in [1.54, 1.807) is 24.9 Å². The summed E-state index contributed by atoms with van der Waals surface area (Å²) in [4.78, 5) is 5.66. The highest BCUT2D eigenvalue weighted by Gasteiger charge is 2.40. The number of hydrogen-bond donors (Lipinski definition) is 1. The van der Waals surface area contributed by atoms with Gasteiger partial charge in [0, 0.05) is 27.9 Å². The molecule has 8 heteroatoms. The monoisotopic (exact) mass is 418 g/mol. The van der Waals surface area contributed by atoms with Gasteiger partial charge in [-0.15, -0.1) is 0 Å². The van der Waals surface area contributed by atoms with Crippen LogP contribution in [0, 0.1) is 5.92 Å². The summed E-state index contributed by atoms with van der Waals surface area (Å²) in [7, 11) is 1.75. The zero-order valence-corrected chi connectivity index (χ0v) is 17.8. The Morgan fingerprint density at radius 2 is 1.96 bits per heavy atom. The lowest BCUT2D eigenvalue weighted by Gasteiger charge is -2.30. The van der Waals surface area contributed by atoms with Crippen molar-refractivity contribution in [1.82, 2.24) is 5.32 Å². The summed E-state index contributed by atoms with van der Waals surface area (Å²) in [6.07, 6.45) is 1.93. The predicted octanol–water partition coefficient (Wildman–Crippen LogP) is 5.27. The molecule has 1 N–H and O–H groups in total. The molecule has 25 heavy (non-hydrogen) atoms. The SMILES string of the molecule is CC[N+]1(COC(=S)NC)C=NC(C(C)C)=C1Sc1cc(Cl)cc(Cl)c1. The second kappa shape index (κ2) is 8.73. The highest BCUT2D eigenvalue weighted by atomic mass is 35.5. The van der Waals surface area contributed by atoms with Crippen molar-refractivity contribution in [3.63, 3.8) is 0 Å². The van der Waals surface area contributed by atoms with Crippen molar-refractivity contribution >= 4 is 58.7 Å². The van der Waals surface area contributed by atoms with Crippen LogP contribution >= 0.6 is 47.2 Å². The molecule has 0 fully saturated rings. The van der Waals surface area contributed by atoms with Crippen LogP contribution < -0.4 is 5.32 Å². The van der Waals surface area contributed by atoms with E-state index in [1.807, 2.05) is 18.5 Å². The molecule has 1 atom stereocenters. The van der Waals surface area contributed by atoms with Crippen molar-refractivity contribution in [1.29, 1.82) is 0 Å². The van der Waals surface area contributed by atoms with Gasteiger partial charge in [0.1, 0.15) is 5.70 Å². The molecule has 0 amide bonds. The van der Waals surface area contributed by atoms with Crippen molar-refractivity contribution in [3.05, 3.63) is 39.0 Å². The average Bonchev–Trinajstić information content (AvgIpc) is 2.90. The molecule has 1 heterocycles. The molecule has 2 rings (SSSR count). The Bertz CT molecular complexity index is 702. The van der Waals surface area contributed by atoms with Crippen molar-refractivity contribution in [3.8, 4) is 0 Å². The molecule has 1 aromatic carbocycles. The second-order valence-corrected chi connectivity index (χ2v) is 8.26. The maximum Gasteiger partial charge on any atom is 0.260 e. The van der Waals surface area contributed by atoms with Crippen LogP contribution in [0.15, 0.2) is 38.8 Å². The third kappa shape index (κ3) is 4.89. The third-order valence-electron chi connectivity index (χ3n) is 3.83. The van der Waals surface area contributed by atoms with Crippen LogP contribution in [0.3, 0.4) is 0 Å². The zero-order chi connectivity index (χ0) is 18.6. The van der Waals surface area contributed by atoms with E-state index in [0.717, 1.165) is 22.2 Å². The van der Waals surface area contributed by atoms with E-state index in [4.69, 9.17) is 40.2 Å². The number of rotatable bonds is 6. The Morgan fingerprint density at radius 1 is 1.32 bits per heavy atom. The van der Waals surface area contributed by atoms with Crippen molar-refractivity contribution in [2.45, 2.75) is 25.7 Å². The summed E-state index contributed by atoms with van der Waals surface area (Å²) in [6.45, 7) is 7.54. The fourth-order valence-electron chi connectivity index (χ4n) is 2.40. The highest BCUT2D eigenvalue weighted by molar-refractivity contribution is 8.03. The first-order chi connectivity index (χ1) is 11.8. The van der Waals surface area contributed by atoms with Crippen molar-refractivity contribution < 1.29 is 9.22 Å². The quantitative estimate of drug-likeness (QED) is 0.503. The highest BCUT2D eigenvalue weighted by Crippen LogP contribution is 2.42. The molecule has 0 aromatic heterocycles. The lowest BCUT2D eigenvalue weighted by Crippen LogP contribution is -2.46. The lowest BCUT2D eigenvalue weighted by atomic mass is 10.1. The molecule has 1 aromatic rings. The molecule has 0 spiro atoms. The number of halogens is 2. The van der Waals surface area contributed by atoms with Gasteiger partial charge in [0.25, 0.3) is 5.17 Å². The number of aliphatic imine (C=N–C) groups is 1. The number of quaternary nitrogens is 1. The molecule has 136 valence electrons. The summed E-state index contributed by atoms with van der Waals surface area (Å²) in [5.41, 5.74) is 1.04. The number of nitrogens with one attached hydrogen (secondary N) is 1. The van der Waals surface area contributed by atoms with Crippen molar-refractivity contribution in [2.24, 2.45) is 10.9 Å². The molecule has 4 nitrogen and oxygen atoms in total. The van der Waals surface area contributed by atoms with E-state index >= 15 is 0 Å². The second-order valence-electron chi connectivity index (χ2n) is 5.96. The van der Waals surface area contributed by atoms with Gasteiger partial charge in [0.15, 0.2) is 6.34 Å². The van der Waals surface area contributed by atoms with Crippen LogP contribution in [-0.2, 0) is 4.74 Å². The average molecular weight is 419 g/mol. The third-order valence-corrected chi connectivity index (χ3v) is 5.83. The van der Waals surface area contributed by atoms with Crippen LogP contribution in [0.25, 0.3) is 0 Å². The van der Waals surface area contributed by atoms with Crippen LogP contribution in [0.4, 0.5) is 0 Å². The standard InChI is InChI=1S/C17H21Cl2N3OS2/c1-5-22(10-23-17(24)20-4)9-21-15(11(2)3)16(22)25-14-7-12(18)6-13(19)8-14/h6-9,11H,5,10H2,1-4H3/p+1. The Kier molecular flexibility index (Phi) is 7.17. The topological polar surface area (TPSA) is 33.6 Å². The fraction of sp³-hybridized carbons (Fsp3) is 0.412. The van der Waals surface area contributed by atoms with Gasteiger partial charge in [-0.2, -0.15) is 0 Å². The number of thiocarbonyl (C=S) groups is 1. The van der Waals surface area contributed by atoms with E-state index in [9.17, 15) is 0 Å². The maximum absolute atomic E-state index is 6.16. The van der Waals surface area contributed by atoms with E-state index < -0.39 is 0 Å². The van der Waals surface area contributed by atoms with Crippen molar-refractivity contribution in [2.75, 3.05) is 20.3 Å². The minimum atomic E-state index is 0.288. The van der Waals surface area contributed by atoms with Gasteiger partial charge in [-0.25, -0.2) is 9.48 Å². The molecule has 0 saturated heterocycles. The Labute approximate surface area is 168 Å². The first-order valence-corrected chi connectivity index (χ1v) is 9.94. The van der Waals surface area contributed by atoms with Gasteiger partial charge in [-0.05, 0) is 49.1 Å². The number of allylic oxidation sites excluding steroid dienone is 1. The van der Waals surface area contributed by atoms with Crippen LogP contribution in [0.2, 0.25) is 10.0 Å². The molecule has 0 aliphatic carbocycles. The van der Waals surface area contributed by atoms with Gasteiger partial charge < -0.3 is 10.1 Å². The van der Waals surface area contributed by atoms with Gasteiger partial charge in [0.2, 0.25) is 11.8 Å². The molecule has 0 bridgehead atoms. The van der Waals surface area contributed by atoms with Gasteiger partial charge in [-0.3, -0.25) is 0 Å². The van der Waals surface area contributed by atoms with Gasteiger partial charge in [-0.1, -0.05) is 37.0 Å².